The van der Waals surface area contributed by atoms with Gasteiger partial charge < -0.3 is 21.7 Å². The minimum atomic E-state index is -0.724. The summed E-state index contributed by atoms with van der Waals surface area (Å²) < 4.78 is 0. The SMILES string of the molecule is NC(=O)[C@@H](N)CCC(=O)NCCN1CCCCC1. The van der Waals surface area contributed by atoms with Crippen molar-refractivity contribution in [2.45, 2.75) is 38.1 Å². The summed E-state index contributed by atoms with van der Waals surface area (Å²) in [7, 11) is 0. The molecule has 0 aromatic heterocycles. The van der Waals surface area contributed by atoms with Gasteiger partial charge in [-0.15, -0.1) is 0 Å². The van der Waals surface area contributed by atoms with Crippen LogP contribution in [0, 0.1) is 0 Å². The summed E-state index contributed by atoms with van der Waals surface area (Å²) in [6.07, 6.45) is 4.38. The van der Waals surface area contributed by atoms with Crippen molar-refractivity contribution in [3.05, 3.63) is 0 Å². The van der Waals surface area contributed by atoms with Crippen LogP contribution < -0.4 is 16.8 Å². The van der Waals surface area contributed by atoms with Crippen molar-refractivity contribution in [3.63, 3.8) is 0 Å². The molecule has 5 N–H and O–H groups in total. The highest BCUT2D eigenvalue weighted by atomic mass is 16.2. The number of carbonyl (C=O) groups is 2. The van der Waals surface area contributed by atoms with Gasteiger partial charge in [-0.25, -0.2) is 0 Å². The summed E-state index contributed by atoms with van der Waals surface area (Å²) >= 11 is 0. The van der Waals surface area contributed by atoms with Crippen LogP contribution in [0.15, 0.2) is 0 Å². The Kier molecular flexibility index (Phi) is 6.67. The Labute approximate surface area is 108 Å². The van der Waals surface area contributed by atoms with Gasteiger partial charge in [0.05, 0.1) is 6.04 Å². The molecule has 1 heterocycles. The van der Waals surface area contributed by atoms with Gasteiger partial charge in [-0.2, -0.15) is 0 Å². The molecule has 1 atom stereocenters. The number of carbonyl (C=O) groups excluding carboxylic acids is 2. The van der Waals surface area contributed by atoms with E-state index < -0.39 is 11.9 Å². The first kappa shape index (κ1) is 14.9. The summed E-state index contributed by atoms with van der Waals surface area (Å²) in [5.41, 5.74) is 10.5. The number of primary amides is 1. The Morgan fingerprint density at radius 1 is 1.22 bits per heavy atom. The highest BCUT2D eigenvalue weighted by Crippen LogP contribution is 2.07. The lowest BCUT2D eigenvalue weighted by Crippen LogP contribution is -2.39. The molecule has 0 spiro atoms. The summed E-state index contributed by atoms with van der Waals surface area (Å²) in [5, 5.41) is 2.84. The third-order valence-electron chi connectivity index (χ3n) is 3.25. The molecular weight excluding hydrogens is 232 g/mol. The molecule has 0 bridgehead atoms. The predicted octanol–water partition coefficient (Wildman–Crippen LogP) is -0.819. The fraction of sp³-hybridized carbons (Fsp3) is 0.833. The van der Waals surface area contributed by atoms with Crippen LogP contribution in [0.1, 0.15) is 32.1 Å². The molecule has 0 unspecified atom stereocenters. The van der Waals surface area contributed by atoms with Gasteiger partial charge in [-0.1, -0.05) is 6.42 Å². The zero-order chi connectivity index (χ0) is 13.4. The van der Waals surface area contributed by atoms with Crippen molar-refractivity contribution in [1.29, 1.82) is 0 Å². The largest absolute Gasteiger partial charge is 0.368 e. The van der Waals surface area contributed by atoms with Crippen LogP contribution in [0.4, 0.5) is 0 Å². The summed E-state index contributed by atoms with van der Waals surface area (Å²) in [4.78, 5) is 24.5. The molecule has 0 aromatic carbocycles. The van der Waals surface area contributed by atoms with Crippen LogP contribution in [0.2, 0.25) is 0 Å². The van der Waals surface area contributed by atoms with E-state index in [1.807, 2.05) is 0 Å². The Balaban J connectivity index is 2.04. The lowest BCUT2D eigenvalue weighted by atomic mass is 10.1. The fourth-order valence-electron chi connectivity index (χ4n) is 2.05. The van der Waals surface area contributed by atoms with Crippen LogP contribution in [0.5, 0.6) is 0 Å². The normalized spacial score (nSPS) is 18.3. The van der Waals surface area contributed by atoms with Crippen LogP contribution in [-0.4, -0.2) is 48.9 Å². The van der Waals surface area contributed by atoms with Crippen LogP contribution >= 0.6 is 0 Å². The molecule has 2 amide bonds. The van der Waals surface area contributed by atoms with Gasteiger partial charge in [0, 0.05) is 19.5 Å². The van der Waals surface area contributed by atoms with E-state index in [2.05, 4.69) is 10.2 Å². The van der Waals surface area contributed by atoms with E-state index in [-0.39, 0.29) is 12.3 Å². The maximum absolute atomic E-state index is 11.5. The molecule has 0 aliphatic carbocycles. The lowest BCUT2D eigenvalue weighted by Gasteiger charge is -2.26. The molecule has 1 rings (SSSR count). The average Bonchev–Trinajstić information content (AvgIpc) is 2.37. The number of piperidine rings is 1. The molecule has 6 nitrogen and oxygen atoms in total. The highest BCUT2D eigenvalue weighted by molar-refractivity contribution is 5.81. The Morgan fingerprint density at radius 2 is 1.89 bits per heavy atom. The maximum Gasteiger partial charge on any atom is 0.234 e. The number of amides is 2. The van der Waals surface area contributed by atoms with Crippen LogP contribution in [0.25, 0.3) is 0 Å². The van der Waals surface area contributed by atoms with E-state index in [0.29, 0.717) is 13.0 Å². The van der Waals surface area contributed by atoms with Gasteiger partial charge in [-0.05, 0) is 32.4 Å². The van der Waals surface area contributed by atoms with Crippen molar-refractivity contribution in [2.75, 3.05) is 26.2 Å². The van der Waals surface area contributed by atoms with Crippen LogP contribution in [-0.2, 0) is 9.59 Å². The smallest absolute Gasteiger partial charge is 0.234 e. The second-order valence-electron chi connectivity index (χ2n) is 4.80. The van der Waals surface area contributed by atoms with Crippen molar-refractivity contribution in [1.82, 2.24) is 10.2 Å². The van der Waals surface area contributed by atoms with Crippen LogP contribution in [0.3, 0.4) is 0 Å². The van der Waals surface area contributed by atoms with Crippen molar-refractivity contribution < 1.29 is 9.59 Å². The molecular formula is C12H24N4O2. The van der Waals surface area contributed by atoms with E-state index in [4.69, 9.17) is 11.5 Å². The molecule has 0 saturated carbocycles. The first-order valence-corrected chi connectivity index (χ1v) is 6.63. The van der Waals surface area contributed by atoms with Crippen molar-refractivity contribution >= 4 is 11.8 Å². The molecule has 6 heteroatoms. The predicted molar refractivity (Wildman–Crippen MR) is 69.7 cm³/mol. The van der Waals surface area contributed by atoms with Gasteiger partial charge in [-0.3, -0.25) is 9.59 Å². The third kappa shape index (κ3) is 5.97. The second-order valence-corrected chi connectivity index (χ2v) is 4.80. The van der Waals surface area contributed by atoms with E-state index in [0.717, 1.165) is 19.6 Å². The number of nitrogens with two attached hydrogens (primary N) is 2. The Bertz CT molecular complexity index is 277. The number of hydrogen-bond donors (Lipinski definition) is 3. The molecule has 0 radical (unpaired) electrons. The number of nitrogens with zero attached hydrogens (tertiary/aromatic N) is 1. The molecule has 1 aliphatic heterocycles. The quantitative estimate of drug-likeness (QED) is 0.554. The standard InChI is InChI=1S/C12H24N4O2/c13-10(12(14)18)4-5-11(17)15-6-9-16-7-2-1-3-8-16/h10H,1-9,13H2,(H2,14,18)(H,15,17)/t10-/m0/s1. The molecule has 1 saturated heterocycles. The van der Waals surface area contributed by atoms with E-state index in [1.165, 1.54) is 19.3 Å². The first-order chi connectivity index (χ1) is 8.59. The second kappa shape index (κ2) is 8.05. The number of rotatable bonds is 7. The maximum atomic E-state index is 11.5. The van der Waals surface area contributed by atoms with E-state index in [9.17, 15) is 9.59 Å². The highest BCUT2D eigenvalue weighted by Gasteiger charge is 2.12. The monoisotopic (exact) mass is 256 g/mol. The van der Waals surface area contributed by atoms with E-state index in [1.54, 1.807) is 0 Å². The minimum absolute atomic E-state index is 0.0660. The molecule has 0 aromatic rings. The van der Waals surface area contributed by atoms with Gasteiger partial charge in [0.15, 0.2) is 0 Å². The molecule has 1 fully saturated rings. The van der Waals surface area contributed by atoms with Gasteiger partial charge in [0.25, 0.3) is 0 Å². The van der Waals surface area contributed by atoms with Gasteiger partial charge >= 0.3 is 0 Å². The lowest BCUT2D eigenvalue weighted by molar-refractivity contribution is -0.122. The topological polar surface area (TPSA) is 101 Å². The third-order valence-corrected chi connectivity index (χ3v) is 3.25. The van der Waals surface area contributed by atoms with Gasteiger partial charge in [0.2, 0.25) is 11.8 Å². The number of nitrogens with one attached hydrogen (secondary N) is 1. The van der Waals surface area contributed by atoms with Crippen molar-refractivity contribution in [3.8, 4) is 0 Å². The zero-order valence-corrected chi connectivity index (χ0v) is 10.9. The fourth-order valence-corrected chi connectivity index (χ4v) is 2.05. The van der Waals surface area contributed by atoms with Crippen molar-refractivity contribution in [2.24, 2.45) is 11.5 Å². The Hall–Kier alpha value is -1.14. The molecule has 1 aliphatic rings. The first-order valence-electron chi connectivity index (χ1n) is 6.63. The summed E-state index contributed by atoms with van der Waals surface area (Å²) in [5.74, 6) is -0.625. The number of hydrogen-bond acceptors (Lipinski definition) is 4. The zero-order valence-electron chi connectivity index (χ0n) is 10.9. The Morgan fingerprint density at radius 3 is 2.50 bits per heavy atom. The van der Waals surface area contributed by atoms with Gasteiger partial charge in [0.1, 0.15) is 0 Å². The summed E-state index contributed by atoms with van der Waals surface area (Å²) in [6.45, 7) is 3.81. The molecule has 18 heavy (non-hydrogen) atoms. The average molecular weight is 256 g/mol. The number of likely N-dealkylation sites (tertiary alicyclic amines) is 1. The molecule has 104 valence electrons. The summed E-state index contributed by atoms with van der Waals surface area (Å²) in [6, 6.07) is -0.724. The van der Waals surface area contributed by atoms with E-state index >= 15 is 0 Å². The minimum Gasteiger partial charge on any atom is -0.368 e.